The van der Waals surface area contributed by atoms with Gasteiger partial charge in [0.2, 0.25) is 0 Å². The van der Waals surface area contributed by atoms with E-state index in [1.165, 1.54) is 13.8 Å². The first-order valence-corrected chi connectivity index (χ1v) is 3.78. The molecule has 0 aromatic rings. The van der Waals surface area contributed by atoms with E-state index in [0.29, 0.717) is 0 Å². The smallest absolute Gasteiger partial charge is 0.303 e. The van der Waals surface area contributed by atoms with E-state index in [-0.39, 0.29) is 11.9 Å². The van der Waals surface area contributed by atoms with Crippen LogP contribution in [-0.2, 0) is 19.1 Å². The fourth-order valence-electron chi connectivity index (χ4n) is 0.715. The summed E-state index contributed by atoms with van der Waals surface area (Å²) in [4.78, 5) is 21.0. The van der Waals surface area contributed by atoms with Gasteiger partial charge in [0.05, 0.1) is 0 Å². The van der Waals surface area contributed by atoms with E-state index in [1.807, 2.05) is 0 Å². The van der Waals surface area contributed by atoms with Crippen molar-refractivity contribution in [2.75, 3.05) is 0 Å². The van der Waals surface area contributed by atoms with Gasteiger partial charge in [-0.1, -0.05) is 0 Å². The predicted octanol–water partition coefficient (Wildman–Crippen LogP) is 0.890. The molecule has 12 heavy (non-hydrogen) atoms. The SMILES string of the molecule is CC(=O)OC(C)[C@H](C)OC(C)=O. The summed E-state index contributed by atoms with van der Waals surface area (Å²) < 4.78 is 9.59. The number of hydrogen-bond acceptors (Lipinski definition) is 4. The first kappa shape index (κ1) is 10.9. The van der Waals surface area contributed by atoms with Crippen molar-refractivity contribution in [2.24, 2.45) is 0 Å². The zero-order valence-electron chi connectivity index (χ0n) is 7.79. The first-order chi connectivity index (χ1) is 5.43. The molecule has 0 spiro atoms. The van der Waals surface area contributed by atoms with Crippen LogP contribution in [0.15, 0.2) is 0 Å². The van der Waals surface area contributed by atoms with Crippen LogP contribution in [0.25, 0.3) is 0 Å². The normalized spacial score (nSPS) is 14.7. The minimum atomic E-state index is -0.397. The van der Waals surface area contributed by atoms with Gasteiger partial charge in [0.25, 0.3) is 0 Å². The molecule has 4 nitrogen and oxygen atoms in total. The highest BCUT2D eigenvalue weighted by Gasteiger charge is 2.16. The van der Waals surface area contributed by atoms with Crippen molar-refractivity contribution in [3.63, 3.8) is 0 Å². The van der Waals surface area contributed by atoms with E-state index < -0.39 is 12.2 Å². The molecular weight excluding hydrogens is 160 g/mol. The summed E-state index contributed by atoms with van der Waals surface area (Å²) in [6, 6.07) is 0. The number of carbonyl (C=O) groups is 2. The third kappa shape index (κ3) is 4.71. The minimum Gasteiger partial charge on any atom is -0.459 e. The molecule has 4 heteroatoms. The maximum atomic E-state index is 10.5. The van der Waals surface area contributed by atoms with Crippen molar-refractivity contribution in [1.82, 2.24) is 0 Å². The summed E-state index contributed by atoms with van der Waals surface area (Å²) in [7, 11) is 0. The quantitative estimate of drug-likeness (QED) is 0.596. The Morgan fingerprint density at radius 1 is 0.917 bits per heavy atom. The summed E-state index contributed by atoms with van der Waals surface area (Å²) in [6.45, 7) is 5.98. The molecule has 70 valence electrons. The van der Waals surface area contributed by atoms with Crippen LogP contribution in [0.2, 0.25) is 0 Å². The lowest BCUT2D eigenvalue weighted by atomic mass is 10.2. The van der Waals surface area contributed by atoms with Crippen molar-refractivity contribution in [3.05, 3.63) is 0 Å². The maximum Gasteiger partial charge on any atom is 0.303 e. The van der Waals surface area contributed by atoms with Crippen LogP contribution in [0.5, 0.6) is 0 Å². The Balaban J connectivity index is 3.83. The van der Waals surface area contributed by atoms with E-state index in [4.69, 9.17) is 9.47 Å². The number of ether oxygens (including phenoxy) is 2. The lowest BCUT2D eigenvalue weighted by molar-refractivity contribution is -0.162. The van der Waals surface area contributed by atoms with Gasteiger partial charge in [0, 0.05) is 13.8 Å². The summed E-state index contributed by atoms with van der Waals surface area (Å²) in [5, 5.41) is 0. The van der Waals surface area contributed by atoms with E-state index in [1.54, 1.807) is 13.8 Å². The molecule has 0 aliphatic rings. The summed E-state index contributed by atoms with van der Waals surface area (Å²) in [6.07, 6.45) is -0.794. The van der Waals surface area contributed by atoms with E-state index in [9.17, 15) is 9.59 Å². The largest absolute Gasteiger partial charge is 0.459 e. The fraction of sp³-hybridized carbons (Fsp3) is 0.750. The fourth-order valence-corrected chi connectivity index (χ4v) is 0.715. The second-order valence-corrected chi connectivity index (χ2v) is 2.63. The predicted molar refractivity (Wildman–Crippen MR) is 42.5 cm³/mol. The molecule has 0 N–H and O–H groups in total. The zero-order chi connectivity index (χ0) is 9.72. The second kappa shape index (κ2) is 4.74. The topological polar surface area (TPSA) is 52.6 Å². The molecule has 0 fully saturated rings. The van der Waals surface area contributed by atoms with Crippen molar-refractivity contribution in [1.29, 1.82) is 0 Å². The number of carbonyl (C=O) groups excluding carboxylic acids is 2. The lowest BCUT2D eigenvalue weighted by Crippen LogP contribution is -2.29. The molecule has 0 bridgehead atoms. The van der Waals surface area contributed by atoms with Gasteiger partial charge >= 0.3 is 11.9 Å². The van der Waals surface area contributed by atoms with Crippen LogP contribution in [0.4, 0.5) is 0 Å². The number of esters is 2. The molecule has 0 aliphatic heterocycles. The van der Waals surface area contributed by atoms with E-state index >= 15 is 0 Å². The van der Waals surface area contributed by atoms with Crippen LogP contribution < -0.4 is 0 Å². The van der Waals surface area contributed by atoms with E-state index in [0.717, 1.165) is 0 Å². The molecule has 1 unspecified atom stereocenters. The van der Waals surface area contributed by atoms with Gasteiger partial charge in [-0.25, -0.2) is 0 Å². The van der Waals surface area contributed by atoms with Gasteiger partial charge in [-0.2, -0.15) is 0 Å². The second-order valence-electron chi connectivity index (χ2n) is 2.63. The molecule has 0 saturated carbocycles. The van der Waals surface area contributed by atoms with Crippen molar-refractivity contribution >= 4 is 11.9 Å². The Hall–Kier alpha value is -1.06. The molecule has 0 amide bonds. The third-order valence-corrected chi connectivity index (χ3v) is 1.36. The Labute approximate surface area is 71.8 Å². The molecule has 0 heterocycles. The molecule has 0 aromatic heterocycles. The highest BCUT2D eigenvalue weighted by Crippen LogP contribution is 2.03. The van der Waals surface area contributed by atoms with Crippen LogP contribution in [-0.4, -0.2) is 24.1 Å². The Bertz CT molecular complexity index is 156. The zero-order valence-corrected chi connectivity index (χ0v) is 7.79. The molecular formula is C8H14O4. The number of hydrogen-bond donors (Lipinski definition) is 0. The summed E-state index contributed by atoms with van der Waals surface area (Å²) >= 11 is 0. The molecule has 0 saturated heterocycles. The average molecular weight is 174 g/mol. The van der Waals surface area contributed by atoms with Crippen molar-refractivity contribution < 1.29 is 19.1 Å². The van der Waals surface area contributed by atoms with Crippen LogP contribution in [0.3, 0.4) is 0 Å². The van der Waals surface area contributed by atoms with Gasteiger partial charge in [-0.15, -0.1) is 0 Å². The van der Waals surface area contributed by atoms with E-state index in [2.05, 4.69) is 0 Å². The summed E-state index contributed by atoms with van der Waals surface area (Å²) in [5.74, 6) is -0.747. The molecule has 0 aromatic carbocycles. The molecule has 0 aliphatic carbocycles. The molecule has 2 atom stereocenters. The van der Waals surface area contributed by atoms with Crippen LogP contribution in [0.1, 0.15) is 27.7 Å². The van der Waals surface area contributed by atoms with Gasteiger partial charge in [0.15, 0.2) is 0 Å². The maximum absolute atomic E-state index is 10.5. The lowest BCUT2D eigenvalue weighted by Gasteiger charge is -2.18. The van der Waals surface area contributed by atoms with Gasteiger partial charge < -0.3 is 9.47 Å². The minimum absolute atomic E-state index is 0.374. The standard InChI is InChI=1S/C8H14O4/c1-5(11-7(3)9)6(2)12-8(4)10/h5-6H,1-4H3/t5-,6?/m0/s1. The van der Waals surface area contributed by atoms with Crippen molar-refractivity contribution in [2.45, 2.75) is 39.9 Å². The molecule has 0 radical (unpaired) electrons. The molecule has 0 rings (SSSR count). The number of rotatable bonds is 3. The van der Waals surface area contributed by atoms with Crippen molar-refractivity contribution in [3.8, 4) is 0 Å². The monoisotopic (exact) mass is 174 g/mol. The Morgan fingerprint density at radius 3 is 1.33 bits per heavy atom. The summed E-state index contributed by atoms with van der Waals surface area (Å²) in [5.41, 5.74) is 0. The van der Waals surface area contributed by atoms with Gasteiger partial charge in [-0.05, 0) is 13.8 Å². The van der Waals surface area contributed by atoms with Crippen LogP contribution in [0, 0.1) is 0 Å². The van der Waals surface area contributed by atoms with Crippen LogP contribution >= 0.6 is 0 Å². The average Bonchev–Trinajstić information content (AvgIpc) is 1.84. The highest BCUT2D eigenvalue weighted by molar-refractivity contribution is 5.67. The third-order valence-electron chi connectivity index (χ3n) is 1.36. The first-order valence-electron chi connectivity index (χ1n) is 3.78. The van der Waals surface area contributed by atoms with Gasteiger partial charge in [-0.3, -0.25) is 9.59 Å². The van der Waals surface area contributed by atoms with Gasteiger partial charge in [0.1, 0.15) is 12.2 Å². The Morgan fingerprint density at radius 2 is 1.17 bits per heavy atom. The Kier molecular flexibility index (Phi) is 4.33. The highest BCUT2D eigenvalue weighted by atomic mass is 16.6.